The highest BCUT2D eigenvalue weighted by Gasteiger charge is 2.24. The number of hydrogen-bond acceptors (Lipinski definition) is 4. The number of guanidine groups is 1. The Bertz CT molecular complexity index is 506. The van der Waals surface area contributed by atoms with E-state index in [1.807, 2.05) is 20.2 Å². The number of aliphatic hydroxyl groups is 1. The summed E-state index contributed by atoms with van der Waals surface area (Å²) in [6, 6.07) is 0. The highest BCUT2D eigenvalue weighted by molar-refractivity contribution is 5.79. The molecule has 2 unspecified atom stereocenters. The lowest BCUT2D eigenvalue weighted by atomic mass is 10.0. The van der Waals surface area contributed by atoms with Gasteiger partial charge in [-0.05, 0) is 33.1 Å². The number of aryl methyl sites for hydroxylation is 1. The second kappa shape index (κ2) is 8.31. The zero-order chi connectivity index (χ0) is 16.7. The largest absolute Gasteiger partial charge is 0.383 e. The van der Waals surface area contributed by atoms with Gasteiger partial charge in [0.2, 0.25) is 0 Å². The van der Waals surface area contributed by atoms with Gasteiger partial charge in [0, 0.05) is 38.5 Å². The molecule has 130 valence electrons. The third-order valence-corrected chi connectivity index (χ3v) is 4.00. The van der Waals surface area contributed by atoms with Crippen LogP contribution in [0.15, 0.2) is 17.4 Å². The Morgan fingerprint density at radius 2 is 2.39 bits per heavy atom. The molecule has 0 bridgehead atoms. The van der Waals surface area contributed by atoms with E-state index in [0.717, 1.165) is 50.5 Å². The summed E-state index contributed by atoms with van der Waals surface area (Å²) in [5.41, 5.74) is -0.274. The molecule has 1 aromatic heterocycles. The zero-order valence-electron chi connectivity index (χ0n) is 14.4. The molecule has 0 spiro atoms. The summed E-state index contributed by atoms with van der Waals surface area (Å²) in [6.45, 7) is 6.52. The summed E-state index contributed by atoms with van der Waals surface area (Å²) in [7, 11) is 1.83. The topological polar surface area (TPSA) is 83.7 Å². The van der Waals surface area contributed by atoms with E-state index >= 15 is 0 Å². The number of aliphatic imine (C=N–C) groups is 1. The van der Waals surface area contributed by atoms with Crippen molar-refractivity contribution in [2.75, 3.05) is 26.2 Å². The van der Waals surface area contributed by atoms with Crippen LogP contribution < -0.4 is 10.6 Å². The Kier molecular flexibility index (Phi) is 6.41. The number of aromatic nitrogens is 2. The summed E-state index contributed by atoms with van der Waals surface area (Å²) >= 11 is 0. The maximum Gasteiger partial charge on any atom is 0.191 e. The lowest BCUT2D eigenvalue weighted by Crippen LogP contribution is -2.40. The molecule has 1 fully saturated rings. The fourth-order valence-corrected chi connectivity index (χ4v) is 2.59. The number of hydrogen-bond donors (Lipinski definition) is 3. The number of ether oxygens (including phenoxy) is 1. The standard InChI is InChI=1S/C16H29N5O2/c1-4-17-15(18-8-7-14-6-5-9-23-14)19-12-16(2,22)13-10-20-21(3)11-13/h10-11,14,22H,4-9,12H2,1-3H3,(H2,17,18,19). The fraction of sp³-hybridized carbons (Fsp3) is 0.750. The molecule has 1 aliphatic rings. The molecule has 7 heteroatoms. The van der Waals surface area contributed by atoms with E-state index < -0.39 is 5.60 Å². The molecular formula is C16H29N5O2. The van der Waals surface area contributed by atoms with Crippen molar-refractivity contribution >= 4 is 5.96 Å². The van der Waals surface area contributed by atoms with E-state index in [2.05, 4.69) is 20.7 Å². The first-order valence-corrected chi connectivity index (χ1v) is 8.36. The van der Waals surface area contributed by atoms with Gasteiger partial charge in [-0.3, -0.25) is 4.68 Å². The van der Waals surface area contributed by atoms with Gasteiger partial charge in [-0.2, -0.15) is 5.10 Å². The van der Waals surface area contributed by atoms with Crippen LogP contribution in [0, 0.1) is 0 Å². The van der Waals surface area contributed by atoms with E-state index in [1.54, 1.807) is 17.8 Å². The maximum absolute atomic E-state index is 10.6. The van der Waals surface area contributed by atoms with Crippen molar-refractivity contribution in [1.82, 2.24) is 20.4 Å². The summed E-state index contributed by atoms with van der Waals surface area (Å²) in [4.78, 5) is 4.50. The van der Waals surface area contributed by atoms with Crippen LogP contribution in [0.2, 0.25) is 0 Å². The van der Waals surface area contributed by atoms with Crippen molar-refractivity contribution in [3.8, 4) is 0 Å². The van der Waals surface area contributed by atoms with Crippen LogP contribution in [0.4, 0.5) is 0 Å². The van der Waals surface area contributed by atoms with Crippen LogP contribution >= 0.6 is 0 Å². The monoisotopic (exact) mass is 323 g/mol. The quantitative estimate of drug-likeness (QED) is 0.509. The molecule has 1 aromatic rings. The Morgan fingerprint density at radius 3 is 3.00 bits per heavy atom. The average molecular weight is 323 g/mol. The van der Waals surface area contributed by atoms with E-state index in [9.17, 15) is 5.11 Å². The van der Waals surface area contributed by atoms with Crippen molar-refractivity contribution in [2.45, 2.75) is 44.8 Å². The second-order valence-electron chi connectivity index (χ2n) is 6.22. The van der Waals surface area contributed by atoms with E-state index in [4.69, 9.17) is 4.74 Å². The molecule has 0 aliphatic carbocycles. The smallest absolute Gasteiger partial charge is 0.191 e. The number of nitrogens with zero attached hydrogens (tertiary/aromatic N) is 3. The summed E-state index contributed by atoms with van der Waals surface area (Å²) in [6.07, 6.45) is 7.13. The van der Waals surface area contributed by atoms with Crippen LogP contribution in [0.5, 0.6) is 0 Å². The Balaban J connectivity index is 1.86. The summed E-state index contributed by atoms with van der Waals surface area (Å²) < 4.78 is 7.30. The van der Waals surface area contributed by atoms with E-state index in [0.29, 0.717) is 6.10 Å². The molecule has 2 atom stereocenters. The summed E-state index contributed by atoms with van der Waals surface area (Å²) in [5.74, 6) is 0.717. The fourth-order valence-electron chi connectivity index (χ4n) is 2.59. The molecule has 23 heavy (non-hydrogen) atoms. The van der Waals surface area contributed by atoms with Crippen molar-refractivity contribution in [2.24, 2.45) is 12.0 Å². The first-order valence-electron chi connectivity index (χ1n) is 8.36. The molecule has 0 saturated carbocycles. The second-order valence-corrected chi connectivity index (χ2v) is 6.22. The number of nitrogens with one attached hydrogen (secondary N) is 2. The van der Waals surface area contributed by atoms with Gasteiger partial charge in [-0.1, -0.05) is 0 Å². The van der Waals surface area contributed by atoms with Crippen LogP contribution in [0.1, 0.15) is 38.7 Å². The van der Waals surface area contributed by atoms with Crippen LogP contribution in [-0.2, 0) is 17.4 Å². The third-order valence-electron chi connectivity index (χ3n) is 4.00. The lowest BCUT2D eigenvalue weighted by molar-refractivity contribution is 0.0671. The van der Waals surface area contributed by atoms with Crippen molar-refractivity contribution < 1.29 is 9.84 Å². The van der Waals surface area contributed by atoms with E-state index in [1.165, 1.54) is 0 Å². The van der Waals surface area contributed by atoms with Crippen molar-refractivity contribution in [1.29, 1.82) is 0 Å². The molecular weight excluding hydrogens is 294 g/mol. The SMILES string of the molecule is CCNC(=NCC(C)(O)c1cnn(C)c1)NCCC1CCCO1. The molecule has 3 N–H and O–H groups in total. The average Bonchev–Trinajstić information content (AvgIpc) is 3.16. The maximum atomic E-state index is 10.6. The van der Waals surface area contributed by atoms with Crippen molar-refractivity contribution in [3.63, 3.8) is 0 Å². The Hall–Kier alpha value is -1.60. The molecule has 0 aromatic carbocycles. The molecule has 2 rings (SSSR count). The van der Waals surface area contributed by atoms with Gasteiger partial charge in [-0.15, -0.1) is 0 Å². The van der Waals surface area contributed by atoms with Gasteiger partial charge in [-0.25, -0.2) is 4.99 Å². The van der Waals surface area contributed by atoms with Crippen LogP contribution in [0.25, 0.3) is 0 Å². The zero-order valence-corrected chi connectivity index (χ0v) is 14.4. The first kappa shape index (κ1) is 17.7. The molecule has 0 radical (unpaired) electrons. The molecule has 2 heterocycles. The van der Waals surface area contributed by atoms with Gasteiger partial charge in [0.25, 0.3) is 0 Å². The molecule has 1 aliphatic heterocycles. The van der Waals surface area contributed by atoms with Gasteiger partial charge in [0.1, 0.15) is 5.60 Å². The third kappa shape index (κ3) is 5.51. The highest BCUT2D eigenvalue weighted by atomic mass is 16.5. The minimum absolute atomic E-state index is 0.272. The van der Waals surface area contributed by atoms with Gasteiger partial charge < -0.3 is 20.5 Å². The number of rotatable bonds is 7. The van der Waals surface area contributed by atoms with E-state index in [-0.39, 0.29) is 6.54 Å². The minimum atomic E-state index is -1.04. The predicted molar refractivity (Wildman–Crippen MR) is 90.4 cm³/mol. The van der Waals surface area contributed by atoms with Gasteiger partial charge >= 0.3 is 0 Å². The van der Waals surface area contributed by atoms with Crippen molar-refractivity contribution in [3.05, 3.63) is 18.0 Å². The first-order chi connectivity index (χ1) is 11.0. The van der Waals surface area contributed by atoms with Gasteiger partial charge in [0.15, 0.2) is 5.96 Å². The van der Waals surface area contributed by atoms with Crippen LogP contribution in [-0.4, -0.2) is 53.2 Å². The molecule has 0 amide bonds. The lowest BCUT2D eigenvalue weighted by Gasteiger charge is -2.20. The predicted octanol–water partition coefficient (Wildman–Crippen LogP) is 0.752. The van der Waals surface area contributed by atoms with Gasteiger partial charge in [0.05, 0.1) is 18.8 Å². The minimum Gasteiger partial charge on any atom is -0.383 e. The molecule has 1 saturated heterocycles. The van der Waals surface area contributed by atoms with Crippen LogP contribution in [0.3, 0.4) is 0 Å². The Labute approximate surface area is 138 Å². The normalized spacial score (nSPS) is 21.2. The molecule has 7 nitrogen and oxygen atoms in total. The Morgan fingerprint density at radius 1 is 1.57 bits per heavy atom. The summed E-state index contributed by atoms with van der Waals surface area (Å²) in [5, 5.41) is 21.2. The highest BCUT2D eigenvalue weighted by Crippen LogP contribution is 2.19.